The highest BCUT2D eigenvalue weighted by Gasteiger charge is 2.28. The minimum atomic E-state index is -0.820. The van der Waals surface area contributed by atoms with Gasteiger partial charge in [-0.05, 0) is 20.8 Å². The molecule has 0 radical (unpaired) electrons. The van der Waals surface area contributed by atoms with Crippen LogP contribution in [0.1, 0.15) is 54.9 Å². The van der Waals surface area contributed by atoms with E-state index >= 15 is 0 Å². The highest BCUT2D eigenvalue weighted by atomic mass is 16.6. The zero-order valence-corrected chi connectivity index (χ0v) is 13.6. The third kappa shape index (κ3) is 7.26. The fourth-order valence-corrected chi connectivity index (χ4v) is 1.51. The van der Waals surface area contributed by atoms with Gasteiger partial charge in [-0.25, -0.2) is 0 Å². The Balaban J connectivity index is 4.83. The number of carbonyl (C=O) groups excluding carboxylic acids is 3. The van der Waals surface area contributed by atoms with Crippen molar-refractivity contribution in [2.75, 3.05) is 0 Å². The van der Waals surface area contributed by atoms with E-state index in [0.29, 0.717) is 0 Å². The highest BCUT2D eigenvalue weighted by Crippen LogP contribution is 2.12. The molecule has 0 fully saturated rings. The second-order valence-corrected chi connectivity index (χ2v) is 6.56. The van der Waals surface area contributed by atoms with Crippen molar-refractivity contribution in [3.8, 4) is 0 Å². The van der Waals surface area contributed by atoms with Crippen LogP contribution in [0.3, 0.4) is 0 Å². The molecule has 0 aromatic carbocycles. The van der Waals surface area contributed by atoms with Gasteiger partial charge in [0.1, 0.15) is 5.60 Å². The van der Waals surface area contributed by atoms with Crippen LogP contribution in [-0.2, 0) is 19.1 Å². The van der Waals surface area contributed by atoms with E-state index < -0.39 is 17.6 Å². The first kappa shape index (κ1) is 18.6. The number of hydrogen-bond acceptors (Lipinski definition) is 4. The van der Waals surface area contributed by atoms with Crippen molar-refractivity contribution in [3.05, 3.63) is 0 Å². The molecule has 0 rings (SSSR count). The molecule has 0 saturated carbocycles. The SMILES string of the molecule is CC(C)C(=O)N[C@@H](CC(=O)OC(C)(C)C)C(=O)C(C)C. The van der Waals surface area contributed by atoms with E-state index in [0.717, 1.165) is 0 Å². The molecule has 116 valence electrons. The lowest BCUT2D eigenvalue weighted by atomic mass is 9.98. The molecular formula is C15H27NO4. The van der Waals surface area contributed by atoms with E-state index in [2.05, 4.69) is 5.32 Å². The first-order valence-corrected chi connectivity index (χ1v) is 7.00. The van der Waals surface area contributed by atoms with Crippen LogP contribution in [0, 0.1) is 11.8 Å². The normalized spacial score (nSPS) is 13.2. The summed E-state index contributed by atoms with van der Waals surface area (Å²) in [4.78, 5) is 35.6. The molecule has 0 aliphatic heterocycles. The summed E-state index contributed by atoms with van der Waals surface area (Å²) in [6.07, 6.45) is -0.132. The van der Waals surface area contributed by atoms with Crippen molar-refractivity contribution in [3.63, 3.8) is 0 Å². The quantitative estimate of drug-likeness (QED) is 0.758. The molecule has 1 amide bonds. The fourth-order valence-electron chi connectivity index (χ4n) is 1.51. The summed E-state index contributed by atoms with van der Waals surface area (Å²) in [6.45, 7) is 12.2. The Hall–Kier alpha value is -1.39. The van der Waals surface area contributed by atoms with Gasteiger partial charge in [0.15, 0.2) is 5.78 Å². The van der Waals surface area contributed by atoms with Crippen LogP contribution in [0.2, 0.25) is 0 Å². The number of rotatable bonds is 6. The monoisotopic (exact) mass is 285 g/mol. The largest absolute Gasteiger partial charge is 0.460 e. The minimum absolute atomic E-state index is 0.132. The molecule has 0 spiro atoms. The van der Waals surface area contributed by atoms with E-state index in [1.54, 1.807) is 48.5 Å². The summed E-state index contributed by atoms with van der Waals surface area (Å²) >= 11 is 0. The van der Waals surface area contributed by atoms with Crippen molar-refractivity contribution < 1.29 is 19.1 Å². The highest BCUT2D eigenvalue weighted by molar-refractivity contribution is 5.93. The van der Waals surface area contributed by atoms with Crippen LogP contribution >= 0.6 is 0 Å². The average molecular weight is 285 g/mol. The Labute approximate surface area is 121 Å². The second kappa shape index (κ2) is 7.41. The van der Waals surface area contributed by atoms with Gasteiger partial charge in [0.25, 0.3) is 0 Å². The molecule has 0 aliphatic carbocycles. The van der Waals surface area contributed by atoms with Gasteiger partial charge in [0, 0.05) is 11.8 Å². The lowest BCUT2D eigenvalue weighted by Gasteiger charge is -2.23. The standard InChI is InChI=1S/C15H27NO4/c1-9(2)13(18)11(16-14(19)10(3)4)8-12(17)20-15(5,6)7/h9-11H,8H2,1-7H3,(H,16,19)/t11-/m0/s1. The summed E-state index contributed by atoms with van der Waals surface area (Å²) in [7, 11) is 0. The van der Waals surface area contributed by atoms with Gasteiger partial charge in [-0.3, -0.25) is 14.4 Å². The molecule has 0 unspecified atom stereocenters. The predicted octanol–water partition coefficient (Wildman–Crippen LogP) is 2.08. The predicted molar refractivity (Wildman–Crippen MR) is 77.1 cm³/mol. The molecule has 0 aromatic rings. The lowest BCUT2D eigenvalue weighted by molar-refractivity contribution is -0.156. The smallest absolute Gasteiger partial charge is 0.308 e. The van der Waals surface area contributed by atoms with Gasteiger partial charge >= 0.3 is 5.97 Å². The molecule has 0 heterocycles. The maximum atomic E-state index is 12.1. The Bertz CT molecular complexity index is 367. The Morgan fingerprint density at radius 2 is 1.50 bits per heavy atom. The summed E-state index contributed by atoms with van der Waals surface area (Å²) in [5.41, 5.74) is -0.607. The van der Waals surface area contributed by atoms with Crippen LogP contribution in [0.5, 0.6) is 0 Å². The van der Waals surface area contributed by atoms with Crippen LogP contribution in [0.4, 0.5) is 0 Å². The van der Waals surface area contributed by atoms with Crippen molar-refractivity contribution >= 4 is 17.7 Å². The van der Waals surface area contributed by atoms with Crippen molar-refractivity contribution in [2.45, 2.75) is 66.5 Å². The molecule has 1 N–H and O–H groups in total. The van der Waals surface area contributed by atoms with Gasteiger partial charge in [-0.1, -0.05) is 27.7 Å². The molecule has 0 saturated heterocycles. The molecule has 5 nitrogen and oxygen atoms in total. The van der Waals surface area contributed by atoms with E-state index in [1.165, 1.54) is 0 Å². The number of ketones is 1. The van der Waals surface area contributed by atoms with Gasteiger partial charge < -0.3 is 10.1 Å². The Morgan fingerprint density at radius 3 is 1.85 bits per heavy atom. The topological polar surface area (TPSA) is 72.5 Å². The van der Waals surface area contributed by atoms with E-state index in [1.807, 2.05) is 0 Å². The van der Waals surface area contributed by atoms with E-state index in [-0.39, 0.29) is 29.9 Å². The van der Waals surface area contributed by atoms with Crippen LogP contribution in [0.15, 0.2) is 0 Å². The zero-order chi connectivity index (χ0) is 16.1. The Morgan fingerprint density at radius 1 is 1.00 bits per heavy atom. The number of ether oxygens (including phenoxy) is 1. The summed E-state index contributed by atoms with van der Waals surface area (Å²) < 4.78 is 5.20. The minimum Gasteiger partial charge on any atom is -0.460 e. The first-order chi connectivity index (χ1) is 8.94. The van der Waals surface area contributed by atoms with Gasteiger partial charge in [0.05, 0.1) is 12.5 Å². The van der Waals surface area contributed by atoms with Gasteiger partial charge in [-0.15, -0.1) is 0 Å². The Kier molecular flexibility index (Phi) is 6.89. The van der Waals surface area contributed by atoms with Crippen LogP contribution in [0.25, 0.3) is 0 Å². The molecule has 20 heavy (non-hydrogen) atoms. The van der Waals surface area contributed by atoms with E-state index in [9.17, 15) is 14.4 Å². The molecule has 1 atom stereocenters. The third-order valence-corrected chi connectivity index (χ3v) is 2.54. The molecular weight excluding hydrogens is 258 g/mol. The maximum Gasteiger partial charge on any atom is 0.308 e. The molecule has 0 aromatic heterocycles. The number of Topliss-reactive ketones (excluding diaryl/α,β-unsaturated/α-hetero) is 1. The molecule has 0 bridgehead atoms. The van der Waals surface area contributed by atoms with Crippen molar-refractivity contribution in [2.24, 2.45) is 11.8 Å². The van der Waals surface area contributed by atoms with Crippen LogP contribution in [-0.4, -0.2) is 29.3 Å². The summed E-state index contributed by atoms with van der Waals surface area (Å²) in [5, 5.41) is 2.62. The summed E-state index contributed by atoms with van der Waals surface area (Å²) in [5.74, 6) is -1.39. The number of hydrogen-bond donors (Lipinski definition) is 1. The third-order valence-electron chi connectivity index (χ3n) is 2.54. The van der Waals surface area contributed by atoms with Crippen LogP contribution < -0.4 is 5.32 Å². The molecule has 5 heteroatoms. The number of esters is 1. The maximum absolute atomic E-state index is 12.1. The average Bonchev–Trinajstić information content (AvgIpc) is 2.23. The fraction of sp³-hybridized carbons (Fsp3) is 0.800. The number of nitrogens with one attached hydrogen (secondary N) is 1. The number of amides is 1. The van der Waals surface area contributed by atoms with E-state index in [4.69, 9.17) is 4.74 Å². The van der Waals surface area contributed by atoms with Crippen molar-refractivity contribution in [1.82, 2.24) is 5.32 Å². The first-order valence-electron chi connectivity index (χ1n) is 7.00. The summed E-state index contributed by atoms with van der Waals surface area (Å²) in [6, 6.07) is -0.820. The zero-order valence-electron chi connectivity index (χ0n) is 13.6. The number of carbonyl (C=O) groups is 3. The lowest BCUT2D eigenvalue weighted by Crippen LogP contribution is -2.46. The van der Waals surface area contributed by atoms with Gasteiger partial charge in [-0.2, -0.15) is 0 Å². The van der Waals surface area contributed by atoms with Crippen molar-refractivity contribution in [1.29, 1.82) is 0 Å². The molecule has 0 aliphatic rings. The second-order valence-electron chi connectivity index (χ2n) is 6.56. The van der Waals surface area contributed by atoms with Gasteiger partial charge in [0.2, 0.25) is 5.91 Å².